The van der Waals surface area contributed by atoms with Gasteiger partial charge in [-0.3, -0.25) is 0 Å². The Bertz CT molecular complexity index is 495. The zero-order chi connectivity index (χ0) is 15.8. The molecular weight excluding hydrogens is 267 g/mol. The van der Waals surface area contributed by atoms with Gasteiger partial charge in [-0.1, -0.05) is 6.07 Å². The third-order valence-electron chi connectivity index (χ3n) is 4.08. The molecule has 0 N–H and O–H groups in total. The molecule has 1 aliphatic heterocycles. The number of ether oxygens (including phenoxy) is 2. The molecule has 1 aromatic rings. The van der Waals surface area contributed by atoms with Gasteiger partial charge in [-0.2, -0.15) is 0 Å². The summed E-state index contributed by atoms with van der Waals surface area (Å²) in [7, 11) is 1.21. The van der Waals surface area contributed by atoms with E-state index in [0.29, 0.717) is 5.75 Å². The first-order valence-electron chi connectivity index (χ1n) is 7.36. The Morgan fingerprint density at radius 2 is 1.62 bits per heavy atom. The number of hydrogen-bond donors (Lipinski definition) is 0. The molecule has 1 heterocycles. The lowest BCUT2D eigenvalue weighted by Gasteiger charge is -2.32. The van der Waals surface area contributed by atoms with Gasteiger partial charge in [-0.25, -0.2) is 0 Å². The van der Waals surface area contributed by atoms with Gasteiger partial charge in [0.2, 0.25) is 0 Å². The summed E-state index contributed by atoms with van der Waals surface area (Å²) in [5.74, 6) is 1.49. The highest BCUT2D eigenvalue weighted by atomic mass is 16.7. The largest absolute Gasteiger partial charge is 0.498 e. The topological polar surface area (TPSA) is 36.9 Å². The van der Waals surface area contributed by atoms with E-state index in [1.54, 1.807) is 7.11 Å². The molecule has 0 aliphatic carbocycles. The summed E-state index contributed by atoms with van der Waals surface area (Å²) in [6.07, 6.45) is 0.123. The lowest BCUT2D eigenvalue weighted by Crippen LogP contribution is -2.41. The number of hydrogen-bond acceptors (Lipinski definition) is 4. The van der Waals surface area contributed by atoms with Crippen LogP contribution in [0.4, 0.5) is 0 Å². The summed E-state index contributed by atoms with van der Waals surface area (Å²) in [6, 6.07) is 5.74. The van der Waals surface area contributed by atoms with Crippen LogP contribution in [-0.4, -0.2) is 31.5 Å². The fraction of sp³-hybridized carbons (Fsp3) is 0.625. The summed E-state index contributed by atoms with van der Waals surface area (Å²) in [6.45, 7) is 12.1. The molecule has 1 aliphatic rings. The van der Waals surface area contributed by atoms with Crippen LogP contribution in [0.25, 0.3) is 0 Å². The first kappa shape index (κ1) is 16.2. The van der Waals surface area contributed by atoms with E-state index in [9.17, 15) is 0 Å². The molecule has 0 saturated carbocycles. The van der Waals surface area contributed by atoms with Crippen LogP contribution in [0.15, 0.2) is 18.2 Å². The van der Waals surface area contributed by atoms with Gasteiger partial charge in [-0.05, 0) is 47.6 Å². The summed E-state index contributed by atoms with van der Waals surface area (Å²) in [4.78, 5) is 0. The quantitative estimate of drug-likeness (QED) is 0.800. The normalized spacial score (nSPS) is 19.9. The van der Waals surface area contributed by atoms with E-state index in [1.165, 1.54) is 0 Å². The second-order valence-electron chi connectivity index (χ2n) is 6.66. The van der Waals surface area contributed by atoms with Crippen molar-refractivity contribution in [3.8, 4) is 11.5 Å². The molecule has 0 atom stereocenters. The smallest absolute Gasteiger partial charge is 0.497 e. The zero-order valence-electron chi connectivity index (χ0n) is 14.0. The van der Waals surface area contributed by atoms with Gasteiger partial charge >= 0.3 is 7.12 Å². The van der Waals surface area contributed by atoms with Crippen molar-refractivity contribution in [2.45, 2.75) is 58.8 Å². The van der Waals surface area contributed by atoms with Crippen LogP contribution >= 0.6 is 0 Å². The molecule has 1 fully saturated rings. The lowest BCUT2D eigenvalue weighted by atomic mass is 9.78. The van der Waals surface area contributed by atoms with Crippen molar-refractivity contribution >= 4 is 12.6 Å². The van der Waals surface area contributed by atoms with Crippen molar-refractivity contribution in [2.24, 2.45) is 0 Å². The number of rotatable bonds is 4. The maximum atomic E-state index is 6.07. The average molecular weight is 292 g/mol. The van der Waals surface area contributed by atoms with Crippen LogP contribution < -0.4 is 14.9 Å². The Kier molecular flexibility index (Phi) is 4.27. The molecule has 0 unspecified atom stereocenters. The van der Waals surface area contributed by atoms with E-state index in [1.807, 2.05) is 59.7 Å². The Hall–Kier alpha value is -1.20. The summed E-state index contributed by atoms with van der Waals surface area (Å²) < 4.78 is 23.3. The Morgan fingerprint density at radius 3 is 2.10 bits per heavy atom. The average Bonchev–Trinajstić information content (AvgIpc) is 2.57. The van der Waals surface area contributed by atoms with Gasteiger partial charge in [0.1, 0.15) is 11.5 Å². The Balaban J connectivity index is 2.29. The highest BCUT2D eigenvalue weighted by Gasteiger charge is 2.52. The van der Waals surface area contributed by atoms with E-state index >= 15 is 0 Å². The van der Waals surface area contributed by atoms with Crippen molar-refractivity contribution in [1.82, 2.24) is 0 Å². The van der Waals surface area contributed by atoms with Crippen molar-refractivity contribution in [3.63, 3.8) is 0 Å². The van der Waals surface area contributed by atoms with Crippen LogP contribution in [0.1, 0.15) is 41.5 Å². The predicted octanol–water partition coefficient (Wildman–Crippen LogP) is 2.78. The van der Waals surface area contributed by atoms with Gasteiger partial charge in [-0.15, -0.1) is 0 Å². The highest BCUT2D eigenvalue weighted by molar-refractivity contribution is 6.63. The molecule has 0 radical (unpaired) electrons. The van der Waals surface area contributed by atoms with Crippen LogP contribution in [0.2, 0.25) is 0 Å². The second kappa shape index (κ2) is 5.54. The standard InChI is InChI=1S/C16H25BO4/c1-11(2)19-12-8-9-13(14(10-12)18-7)17-20-15(3,4)16(5,6)21-17/h8-11H,1-7H3. The summed E-state index contributed by atoms with van der Waals surface area (Å²) >= 11 is 0. The third kappa shape index (κ3) is 3.19. The Morgan fingerprint density at radius 1 is 1.05 bits per heavy atom. The van der Waals surface area contributed by atoms with Crippen LogP contribution in [-0.2, 0) is 9.31 Å². The van der Waals surface area contributed by atoms with Crippen molar-refractivity contribution in [2.75, 3.05) is 7.11 Å². The van der Waals surface area contributed by atoms with Crippen molar-refractivity contribution < 1.29 is 18.8 Å². The fourth-order valence-electron chi connectivity index (χ4n) is 2.20. The molecule has 0 spiro atoms. The molecule has 116 valence electrons. The van der Waals surface area contributed by atoms with Gasteiger partial charge in [0.05, 0.1) is 24.4 Å². The molecule has 21 heavy (non-hydrogen) atoms. The first-order valence-corrected chi connectivity index (χ1v) is 7.36. The maximum Gasteiger partial charge on any atom is 0.498 e. The molecule has 0 bridgehead atoms. The number of benzene rings is 1. The van der Waals surface area contributed by atoms with Crippen LogP contribution in [0, 0.1) is 0 Å². The monoisotopic (exact) mass is 292 g/mol. The highest BCUT2D eigenvalue weighted by Crippen LogP contribution is 2.37. The fourth-order valence-corrected chi connectivity index (χ4v) is 2.20. The summed E-state index contributed by atoms with van der Waals surface area (Å²) in [5.41, 5.74) is 0.151. The van der Waals surface area contributed by atoms with Gasteiger partial charge in [0.25, 0.3) is 0 Å². The molecule has 2 rings (SSSR count). The van der Waals surface area contributed by atoms with E-state index in [0.717, 1.165) is 11.2 Å². The van der Waals surface area contributed by atoms with Gasteiger partial charge in [0, 0.05) is 11.5 Å². The molecule has 5 heteroatoms. The molecule has 0 aromatic heterocycles. The molecule has 1 aromatic carbocycles. The maximum absolute atomic E-state index is 6.07. The lowest BCUT2D eigenvalue weighted by molar-refractivity contribution is 0.00578. The first-order chi connectivity index (χ1) is 9.66. The molecule has 0 amide bonds. The van der Waals surface area contributed by atoms with E-state index < -0.39 is 7.12 Å². The minimum Gasteiger partial charge on any atom is -0.497 e. The van der Waals surface area contributed by atoms with Crippen LogP contribution in [0.5, 0.6) is 11.5 Å². The van der Waals surface area contributed by atoms with Crippen LogP contribution in [0.3, 0.4) is 0 Å². The minimum absolute atomic E-state index is 0.123. The van der Waals surface area contributed by atoms with Crippen molar-refractivity contribution in [1.29, 1.82) is 0 Å². The third-order valence-corrected chi connectivity index (χ3v) is 4.08. The van der Waals surface area contributed by atoms with Gasteiger partial charge < -0.3 is 18.8 Å². The summed E-state index contributed by atoms with van der Waals surface area (Å²) in [5, 5.41) is 0. The zero-order valence-corrected chi connectivity index (χ0v) is 14.0. The van der Waals surface area contributed by atoms with Crippen molar-refractivity contribution in [3.05, 3.63) is 18.2 Å². The molecule has 4 nitrogen and oxygen atoms in total. The van der Waals surface area contributed by atoms with E-state index in [-0.39, 0.29) is 17.3 Å². The van der Waals surface area contributed by atoms with E-state index in [4.69, 9.17) is 18.8 Å². The number of methoxy groups -OCH3 is 1. The minimum atomic E-state index is -0.432. The molecule has 1 saturated heterocycles. The molecular formula is C16H25BO4. The Labute approximate surface area is 127 Å². The second-order valence-corrected chi connectivity index (χ2v) is 6.66. The predicted molar refractivity (Wildman–Crippen MR) is 84.5 cm³/mol. The SMILES string of the molecule is COc1cc(OC(C)C)ccc1B1OC(C)(C)C(C)(C)O1. The van der Waals surface area contributed by atoms with Gasteiger partial charge in [0.15, 0.2) is 0 Å². The van der Waals surface area contributed by atoms with E-state index in [2.05, 4.69) is 0 Å².